The topological polar surface area (TPSA) is 70.4 Å². The zero-order valence-electron chi connectivity index (χ0n) is 12.2. The van der Waals surface area contributed by atoms with Crippen molar-refractivity contribution in [2.75, 3.05) is 0 Å². The van der Waals surface area contributed by atoms with E-state index in [1.807, 2.05) is 0 Å². The molecule has 1 heterocycles. The summed E-state index contributed by atoms with van der Waals surface area (Å²) in [7, 11) is 0. The van der Waals surface area contributed by atoms with Crippen LogP contribution in [0.2, 0.25) is 0 Å². The van der Waals surface area contributed by atoms with Crippen molar-refractivity contribution < 1.29 is 28.2 Å². The van der Waals surface area contributed by atoms with Gasteiger partial charge in [0.25, 0.3) is 0 Å². The standard InChI is InChI=1S/C17H12F3NO3/c18-17(19,20)8-3-4-10-11(6-8)15(23)13-12(14(10)22)16(13,24)9-2-1-5-21-7-9/h1-7,12-13,15,23-24H/t12?,13-,15?,16?/m1/s1. The number of pyridine rings is 1. The van der Waals surface area contributed by atoms with Crippen molar-refractivity contribution in [2.24, 2.45) is 11.8 Å². The van der Waals surface area contributed by atoms with E-state index in [9.17, 15) is 28.2 Å². The smallest absolute Gasteiger partial charge is 0.388 e. The lowest BCUT2D eigenvalue weighted by Gasteiger charge is -2.20. The van der Waals surface area contributed by atoms with Crippen molar-refractivity contribution in [3.05, 3.63) is 65.0 Å². The number of aliphatic hydroxyl groups excluding tert-OH is 1. The van der Waals surface area contributed by atoms with Gasteiger partial charge in [0.2, 0.25) is 0 Å². The summed E-state index contributed by atoms with van der Waals surface area (Å²) < 4.78 is 38.6. The van der Waals surface area contributed by atoms with E-state index in [0.29, 0.717) is 5.56 Å². The molecule has 124 valence electrons. The van der Waals surface area contributed by atoms with Gasteiger partial charge in [-0.15, -0.1) is 0 Å². The van der Waals surface area contributed by atoms with Gasteiger partial charge in [0.1, 0.15) is 5.60 Å². The number of rotatable bonds is 1. The third-order valence-electron chi connectivity index (χ3n) is 4.94. The molecule has 1 aromatic carbocycles. The van der Waals surface area contributed by atoms with Gasteiger partial charge >= 0.3 is 6.18 Å². The summed E-state index contributed by atoms with van der Waals surface area (Å²) in [5.74, 6) is -2.20. The predicted molar refractivity (Wildman–Crippen MR) is 75.8 cm³/mol. The van der Waals surface area contributed by atoms with Gasteiger partial charge in [-0.25, -0.2) is 0 Å². The minimum atomic E-state index is -4.57. The number of fused-ring (bicyclic) bond motifs is 2. The number of alkyl halides is 3. The molecule has 0 radical (unpaired) electrons. The number of aliphatic hydroxyl groups is 2. The van der Waals surface area contributed by atoms with Gasteiger partial charge in [0.15, 0.2) is 5.78 Å². The molecule has 0 aliphatic heterocycles. The first kappa shape index (κ1) is 15.3. The van der Waals surface area contributed by atoms with Crippen molar-refractivity contribution in [3.63, 3.8) is 0 Å². The Labute approximate surface area is 134 Å². The highest BCUT2D eigenvalue weighted by molar-refractivity contribution is 6.04. The molecule has 4 atom stereocenters. The van der Waals surface area contributed by atoms with Crippen LogP contribution in [0.15, 0.2) is 42.7 Å². The van der Waals surface area contributed by atoms with Crippen LogP contribution in [0.1, 0.15) is 33.2 Å². The van der Waals surface area contributed by atoms with E-state index in [1.54, 1.807) is 12.1 Å². The van der Waals surface area contributed by atoms with E-state index in [2.05, 4.69) is 4.98 Å². The van der Waals surface area contributed by atoms with Gasteiger partial charge < -0.3 is 10.2 Å². The molecule has 0 bridgehead atoms. The van der Waals surface area contributed by atoms with E-state index in [-0.39, 0.29) is 11.1 Å². The van der Waals surface area contributed by atoms with E-state index >= 15 is 0 Å². The molecule has 3 unspecified atom stereocenters. The third-order valence-corrected chi connectivity index (χ3v) is 4.94. The minimum absolute atomic E-state index is 0.0246. The first-order valence-corrected chi connectivity index (χ1v) is 7.32. The number of nitrogens with zero attached hydrogens (tertiary/aromatic N) is 1. The first-order chi connectivity index (χ1) is 11.3. The van der Waals surface area contributed by atoms with Crippen LogP contribution in [-0.4, -0.2) is 21.0 Å². The molecular formula is C17H12F3NO3. The molecule has 1 aromatic heterocycles. The normalized spacial score (nSPS) is 31.4. The molecule has 2 N–H and O–H groups in total. The van der Waals surface area contributed by atoms with E-state index in [0.717, 1.165) is 18.2 Å². The molecule has 0 spiro atoms. The maximum atomic E-state index is 12.9. The predicted octanol–water partition coefficient (Wildman–Crippen LogP) is 2.46. The Bertz CT molecular complexity index is 837. The van der Waals surface area contributed by atoms with E-state index in [1.165, 1.54) is 12.4 Å². The van der Waals surface area contributed by atoms with Crippen LogP contribution in [0.4, 0.5) is 13.2 Å². The Hall–Kier alpha value is -2.25. The third kappa shape index (κ3) is 1.88. The summed E-state index contributed by atoms with van der Waals surface area (Å²) in [6.45, 7) is 0. The van der Waals surface area contributed by atoms with Crippen molar-refractivity contribution >= 4 is 5.78 Å². The molecular weight excluding hydrogens is 323 g/mol. The second kappa shape index (κ2) is 4.64. The lowest BCUT2D eigenvalue weighted by atomic mass is 9.87. The van der Waals surface area contributed by atoms with Crippen LogP contribution in [0, 0.1) is 11.8 Å². The Kier molecular flexibility index (Phi) is 2.96. The average molecular weight is 335 g/mol. The molecule has 1 saturated carbocycles. The quantitative estimate of drug-likeness (QED) is 0.840. The van der Waals surface area contributed by atoms with E-state index < -0.39 is 41.1 Å². The van der Waals surface area contributed by atoms with Crippen LogP contribution < -0.4 is 0 Å². The number of hydrogen-bond donors (Lipinski definition) is 2. The molecule has 0 amide bonds. The molecule has 2 aromatic rings. The van der Waals surface area contributed by atoms with Crippen LogP contribution in [-0.2, 0) is 11.8 Å². The highest BCUT2D eigenvalue weighted by atomic mass is 19.4. The number of Topliss-reactive ketones (excluding diaryl/α,β-unsaturated/α-hetero) is 1. The summed E-state index contributed by atoms with van der Waals surface area (Å²) in [5, 5.41) is 21.3. The number of carbonyl (C=O) groups is 1. The summed E-state index contributed by atoms with van der Waals surface area (Å²) >= 11 is 0. The fourth-order valence-electron chi connectivity index (χ4n) is 3.73. The van der Waals surface area contributed by atoms with Crippen LogP contribution >= 0.6 is 0 Å². The lowest BCUT2D eigenvalue weighted by molar-refractivity contribution is -0.137. The molecule has 7 heteroatoms. The zero-order valence-corrected chi connectivity index (χ0v) is 12.2. The molecule has 1 fully saturated rings. The van der Waals surface area contributed by atoms with Gasteiger partial charge in [-0.1, -0.05) is 12.1 Å². The fourth-order valence-corrected chi connectivity index (χ4v) is 3.73. The maximum absolute atomic E-state index is 12.9. The lowest BCUT2D eigenvalue weighted by Crippen LogP contribution is -2.20. The van der Waals surface area contributed by atoms with Crippen molar-refractivity contribution in [1.29, 1.82) is 0 Å². The highest BCUT2D eigenvalue weighted by Crippen LogP contribution is 2.66. The first-order valence-electron chi connectivity index (χ1n) is 7.32. The van der Waals surface area contributed by atoms with Gasteiger partial charge in [0, 0.05) is 29.4 Å². The SMILES string of the molecule is O=C1c2ccc(C(F)(F)F)cc2C(O)[C@H]2C1C2(O)c1cccnc1. The molecule has 2 aliphatic rings. The monoisotopic (exact) mass is 335 g/mol. The molecule has 2 aliphatic carbocycles. The molecule has 0 saturated heterocycles. The maximum Gasteiger partial charge on any atom is 0.416 e. The number of hydrogen-bond acceptors (Lipinski definition) is 4. The summed E-state index contributed by atoms with van der Waals surface area (Å²) in [4.78, 5) is 16.5. The van der Waals surface area contributed by atoms with Crippen molar-refractivity contribution in [2.45, 2.75) is 17.9 Å². The number of ketones is 1. The second-order valence-electron chi connectivity index (χ2n) is 6.18. The number of benzene rings is 1. The number of carbonyl (C=O) groups excluding carboxylic acids is 1. The van der Waals surface area contributed by atoms with Crippen LogP contribution in [0.3, 0.4) is 0 Å². The minimum Gasteiger partial charge on any atom is -0.388 e. The summed E-state index contributed by atoms with van der Waals surface area (Å²) in [6.07, 6.45) is -3.03. The largest absolute Gasteiger partial charge is 0.416 e. The molecule has 4 rings (SSSR count). The van der Waals surface area contributed by atoms with Crippen LogP contribution in [0.25, 0.3) is 0 Å². The summed E-state index contributed by atoms with van der Waals surface area (Å²) in [5.41, 5.74) is -2.23. The van der Waals surface area contributed by atoms with Gasteiger partial charge in [0.05, 0.1) is 17.6 Å². The summed E-state index contributed by atoms with van der Waals surface area (Å²) in [6, 6.07) is 5.84. The molecule has 4 nitrogen and oxygen atoms in total. The average Bonchev–Trinajstić information content (AvgIpc) is 3.20. The molecule has 24 heavy (non-hydrogen) atoms. The second-order valence-corrected chi connectivity index (χ2v) is 6.18. The Morgan fingerprint density at radius 1 is 1.21 bits per heavy atom. The van der Waals surface area contributed by atoms with Crippen molar-refractivity contribution in [1.82, 2.24) is 4.98 Å². The number of aromatic nitrogens is 1. The van der Waals surface area contributed by atoms with Gasteiger partial charge in [-0.2, -0.15) is 13.2 Å². The van der Waals surface area contributed by atoms with E-state index in [4.69, 9.17) is 0 Å². The Balaban J connectivity index is 1.80. The fraction of sp³-hybridized carbons (Fsp3) is 0.294. The number of halogens is 3. The van der Waals surface area contributed by atoms with Crippen molar-refractivity contribution in [3.8, 4) is 0 Å². The highest BCUT2D eigenvalue weighted by Gasteiger charge is 2.73. The zero-order chi connectivity index (χ0) is 17.3. The van der Waals surface area contributed by atoms with Crippen LogP contribution in [0.5, 0.6) is 0 Å². The Morgan fingerprint density at radius 3 is 2.58 bits per heavy atom. The van der Waals surface area contributed by atoms with Gasteiger partial charge in [-0.3, -0.25) is 9.78 Å². The Morgan fingerprint density at radius 2 is 1.96 bits per heavy atom. The van der Waals surface area contributed by atoms with Gasteiger partial charge in [-0.05, 0) is 23.8 Å².